The van der Waals surface area contributed by atoms with Crippen molar-refractivity contribution in [3.05, 3.63) is 28.2 Å². The maximum atomic E-state index is 8.78. The van der Waals surface area contributed by atoms with Gasteiger partial charge in [0.25, 0.3) is 0 Å². The van der Waals surface area contributed by atoms with Crippen molar-refractivity contribution in [2.24, 2.45) is 0 Å². The molecule has 2 N–H and O–H groups in total. The summed E-state index contributed by atoms with van der Waals surface area (Å²) in [4.78, 5) is 1.17. The number of ether oxygens (including phenoxy) is 1. The van der Waals surface area contributed by atoms with Crippen molar-refractivity contribution in [3.8, 4) is 0 Å². The molecule has 96 valence electrons. The van der Waals surface area contributed by atoms with Crippen molar-refractivity contribution in [1.82, 2.24) is 5.32 Å². The monoisotopic (exact) mass is 319 g/mol. The van der Waals surface area contributed by atoms with Crippen molar-refractivity contribution >= 4 is 27.7 Å². The molecule has 0 unspecified atom stereocenters. The van der Waals surface area contributed by atoms with Crippen LogP contribution in [-0.4, -0.2) is 37.7 Å². The smallest absolute Gasteiger partial charge is 0.0587 e. The maximum absolute atomic E-state index is 8.78. The Morgan fingerprint density at radius 3 is 2.94 bits per heavy atom. The number of thioether (sulfide) groups is 1. The molecule has 0 spiro atoms. The molecule has 0 saturated heterocycles. The fourth-order valence-electron chi connectivity index (χ4n) is 1.33. The Kier molecular flexibility index (Phi) is 7.88. The summed E-state index contributed by atoms with van der Waals surface area (Å²) in [6, 6.07) is 6.29. The van der Waals surface area contributed by atoms with Crippen LogP contribution in [0.5, 0.6) is 0 Å². The maximum Gasteiger partial charge on any atom is 0.0587 e. The molecule has 1 aromatic rings. The van der Waals surface area contributed by atoms with E-state index in [9.17, 15) is 0 Å². The second-order valence-corrected chi connectivity index (χ2v) is 5.50. The molecule has 1 aromatic carbocycles. The molecule has 0 aromatic heterocycles. The lowest BCUT2D eigenvalue weighted by molar-refractivity contribution is 0.199. The van der Waals surface area contributed by atoms with E-state index >= 15 is 0 Å². The third-order valence-corrected chi connectivity index (χ3v) is 4.13. The molecular formula is C12H18BrNO2S. The molecule has 17 heavy (non-hydrogen) atoms. The predicted octanol–water partition coefficient (Wildman–Crippen LogP) is 2.27. The van der Waals surface area contributed by atoms with Crippen molar-refractivity contribution in [2.75, 3.05) is 32.6 Å². The van der Waals surface area contributed by atoms with Crippen LogP contribution in [0.3, 0.4) is 0 Å². The highest BCUT2D eigenvalue weighted by Crippen LogP contribution is 2.28. The van der Waals surface area contributed by atoms with Crippen LogP contribution >= 0.6 is 27.7 Å². The van der Waals surface area contributed by atoms with Crippen LogP contribution < -0.4 is 5.32 Å². The number of rotatable bonds is 8. The van der Waals surface area contributed by atoms with E-state index in [1.807, 2.05) is 0 Å². The first-order chi connectivity index (χ1) is 8.27. The van der Waals surface area contributed by atoms with Crippen LogP contribution in [0.4, 0.5) is 0 Å². The Morgan fingerprint density at radius 1 is 1.47 bits per heavy atom. The SMILES string of the molecule is COCCNCc1ccc(SCCO)c(Br)c1. The van der Waals surface area contributed by atoms with Crippen LogP contribution in [0.1, 0.15) is 5.56 Å². The molecule has 5 heteroatoms. The molecule has 0 atom stereocenters. The highest BCUT2D eigenvalue weighted by atomic mass is 79.9. The molecular weight excluding hydrogens is 302 g/mol. The zero-order chi connectivity index (χ0) is 12.5. The average Bonchev–Trinajstić information content (AvgIpc) is 2.34. The number of aliphatic hydroxyl groups is 1. The Bertz CT molecular complexity index is 336. The zero-order valence-corrected chi connectivity index (χ0v) is 12.3. The Hall–Kier alpha value is -0.0700. The van der Waals surface area contributed by atoms with Gasteiger partial charge in [-0.3, -0.25) is 0 Å². The van der Waals surface area contributed by atoms with Crippen LogP contribution in [0, 0.1) is 0 Å². The summed E-state index contributed by atoms with van der Waals surface area (Å²) in [6.45, 7) is 2.63. The van der Waals surface area contributed by atoms with E-state index in [2.05, 4.69) is 39.4 Å². The van der Waals surface area contributed by atoms with Gasteiger partial charge in [-0.1, -0.05) is 6.07 Å². The number of nitrogens with one attached hydrogen (secondary N) is 1. The van der Waals surface area contributed by atoms with Crippen LogP contribution in [0.15, 0.2) is 27.6 Å². The van der Waals surface area contributed by atoms with Crippen LogP contribution in [-0.2, 0) is 11.3 Å². The molecule has 0 aliphatic rings. The van der Waals surface area contributed by atoms with E-state index in [1.165, 1.54) is 10.5 Å². The van der Waals surface area contributed by atoms with Gasteiger partial charge in [0.05, 0.1) is 13.2 Å². The summed E-state index contributed by atoms with van der Waals surface area (Å²) in [5.74, 6) is 0.726. The van der Waals surface area contributed by atoms with Gasteiger partial charge in [-0.2, -0.15) is 0 Å². The number of methoxy groups -OCH3 is 1. The van der Waals surface area contributed by atoms with Gasteiger partial charge in [-0.05, 0) is 33.6 Å². The molecule has 0 heterocycles. The topological polar surface area (TPSA) is 41.5 Å². The number of benzene rings is 1. The second-order valence-electron chi connectivity index (χ2n) is 3.51. The largest absolute Gasteiger partial charge is 0.396 e. The summed E-state index contributed by atoms with van der Waals surface area (Å²) in [6.07, 6.45) is 0. The number of hydrogen-bond acceptors (Lipinski definition) is 4. The summed E-state index contributed by atoms with van der Waals surface area (Å²) in [5, 5.41) is 12.1. The first-order valence-electron chi connectivity index (χ1n) is 5.49. The lowest BCUT2D eigenvalue weighted by Crippen LogP contribution is -2.18. The van der Waals surface area contributed by atoms with Crippen molar-refractivity contribution in [2.45, 2.75) is 11.4 Å². The minimum Gasteiger partial charge on any atom is -0.396 e. The van der Waals surface area contributed by atoms with E-state index in [-0.39, 0.29) is 6.61 Å². The molecule has 0 aliphatic heterocycles. The molecule has 1 rings (SSSR count). The number of hydrogen-bond donors (Lipinski definition) is 2. The van der Waals surface area contributed by atoms with Crippen molar-refractivity contribution < 1.29 is 9.84 Å². The fraction of sp³-hybridized carbons (Fsp3) is 0.500. The Balaban J connectivity index is 2.44. The zero-order valence-electron chi connectivity index (χ0n) is 9.91. The molecule has 0 saturated carbocycles. The quantitative estimate of drug-likeness (QED) is 0.570. The van der Waals surface area contributed by atoms with Gasteiger partial charge in [0.15, 0.2) is 0 Å². The highest BCUT2D eigenvalue weighted by molar-refractivity contribution is 9.10. The van der Waals surface area contributed by atoms with E-state index in [0.717, 1.165) is 29.9 Å². The van der Waals surface area contributed by atoms with Gasteiger partial charge in [0, 0.05) is 35.3 Å². The van der Waals surface area contributed by atoms with Gasteiger partial charge in [0.2, 0.25) is 0 Å². The molecule has 0 radical (unpaired) electrons. The summed E-state index contributed by atoms with van der Waals surface area (Å²) in [7, 11) is 1.70. The third-order valence-electron chi connectivity index (χ3n) is 2.16. The molecule has 0 aliphatic carbocycles. The molecule has 0 bridgehead atoms. The van der Waals surface area contributed by atoms with Crippen molar-refractivity contribution in [1.29, 1.82) is 0 Å². The molecule has 0 fully saturated rings. The summed E-state index contributed by atoms with van der Waals surface area (Å²) < 4.78 is 6.05. The number of halogens is 1. The summed E-state index contributed by atoms with van der Waals surface area (Å²) >= 11 is 5.20. The molecule has 3 nitrogen and oxygen atoms in total. The third kappa shape index (κ3) is 5.88. The van der Waals surface area contributed by atoms with Gasteiger partial charge < -0.3 is 15.2 Å². The average molecular weight is 320 g/mol. The lowest BCUT2D eigenvalue weighted by atomic mass is 10.2. The highest BCUT2D eigenvalue weighted by Gasteiger charge is 2.02. The van der Waals surface area contributed by atoms with E-state index in [1.54, 1.807) is 18.9 Å². The van der Waals surface area contributed by atoms with E-state index in [4.69, 9.17) is 9.84 Å². The number of aliphatic hydroxyl groups excluding tert-OH is 1. The van der Waals surface area contributed by atoms with Gasteiger partial charge in [-0.25, -0.2) is 0 Å². The van der Waals surface area contributed by atoms with Crippen molar-refractivity contribution in [3.63, 3.8) is 0 Å². The minimum atomic E-state index is 0.206. The second kappa shape index (κ2) is 8.94. The molecule has 0 amide bonds. The fourth-order valence-corrected chi connectivity index (χ4v) is 2.78. The minimum absolute atomic E-state index is 0.206. The predicted molar refractivity (Wildman–Crippen MR) is 75.5 cm³/mol. The van der Waals surface area contributed by atoms with Gasteiger partial charge in [0.1, 0.15) is 0 Å². The van der Waals surface area contributed by atoms with Crippen LogP contribution in [0.2, 0.25) is 0 Å². The van der Waals surface area contributed by atoms with Gasteiger partial charge >= 0.3 is 0 Å². The van der Waals surface area contributed by atoms with E-state index in [0.29, 0.717) is 0 Å². The first-order valence-corrected chi connectivity index (χ1v) is 7.27. The Labute approximate surface area is 115 Å². The first kappa shape index (κ1) is 15.0. The normalized spacial score (nSPS) is 10.8. The summed E-state index contributed by atoms with van der Waals surface area (Å²) in [5.41, 5.74) is 1.24. The lowest BCUT2D eigenvalue weighted by Gasteiger charge is -2.08. The standard InChI is InChI=1S/C12H18BrNO2S/c1-16-6-4-14-9-10-2-3-12(11(13)8-10)17-7-5-15/h2-3,8,14-15H,4-7,9H2,1H3. The van der Waals surface area contributed by atoms with Crippen LogP contribution in [0.25, 0.3) is 0 Å². The van der Waals surface area contributed by atoms with E-state index < -0.39 is 0 Å². The van der Waals surface area contributed by atoms with Gasteiger partial charge in [-0.15, -0.1) is 11.8 Å². The Morgan fingerprint density at radius 2 is 2.29 bits per heavy atom.